The molecule has 4 rings (SSSR count). The molecule has 0 saturated carbocycles. The molecule has 5 nitrogen and oxygen atoms in total. The first-order valence-electron chi connectivity index (χ1n) is 9.65. The number of hydrogen-bond acceptors (Lipinski definition) is 5. The van der Waals surface area contributed by atoms with Crippen molar-refractivity contribution in [2.75, 3.05) is 19.0 Å². The summed E-state index contributed by atoms with van der Waals surface area (Å²) in [6, 6.07) is 20.0. The third kappa shape index (κ3) is 3.38. The standard InChI is InChI=1S/C24H23N3O2/c1-27(2)18-10-8-16(9-11-18)22-19(14-25)24(26)29-21-13-17(12-20(28)23(21)22)15-6-4-3-5-7-15/h3-11,17,22H,12-13,26H2,1-2H3/t17-,22+/m1/s1. The predicted octanol–water partition coefficient (Wildman–Crippen LogP) is 3.96. The van der Waals surface area contributed by atoms with E-state index in [0.29, 0.717) is 29.7 Å². The van der Waals surface area contributed by atoms with E-state index in [1.54, 1.807) is 0 Å². The zero-order chi connectivity index (χ0) is 20.5. The van der Waals surface area contributed by atoms with Gasteiger partial charge in [-0.3, -0.25) is 4.79 Å². The fourth-order valence-corrected chi connectivity index (χ4v) is 4.17. The molecule has 2 aromatic carbocycles. The highest BCUT2D eigenvalue weighted by molar-refractivity contribution is 6.00. The molecule has 2 aromatic rings. The summed E-state index contributed by atoms with van der Waals surface area (Å²) >= 11 is 0. The Hall–Kier alpha value is -3.52. The Kier molecular flexibility index (Phi) is 4.85. The number of hydrogen-bond donors (Lipinski definition) is 1. The van der Waals surface area contributed by atoms with E-state index in [2.05, 4.69) is 6.07 Å². The fourth-order valence-electron chi connectivity index (χ4n) is 4.17. The second kappa shape index (κ2) is 7.48. The van der Waals surface area contributed by atoms with Gasteiger partial charge in [0.1, 0.15) is 17.4 Å². The highest BCUT2D eigenvalue weighted by atomic mass is 16.5. The Bertz CT molecular complexity index is 1040. The van der Waals surface area contributed by atoms with Crippen LogP contribution >= 0.6 is 0 Å². The van der Waals surface area contributed by atoms with Crippen LogP contribution in [0, 0.1) is 11.3 Å². The number of carbonyl (C=O) groups excluding carboxylic acids is 1. The quantitative estimate of drug-likeness (QED) is 0.865. The third-order valence-corrected chi connectivity index (χ3v) is 5.67. The Morgan fingerprint density at radius 3 is 2.34 bits per heavy atom. The zero-order valence-corrected chi connectivity index (χ0v) is 16.6. The van der Waals surface area contributed by atoms with Crippen LogP contribution in [0.3, 0.4) is 0 Å². The molecule has 0 aromatic heterocycles. The molecule has 1 aliphatic heterocycles. The largest absolute Gasteiger partial charge is 0.444 e. The molecule has 5 heteroatoms. The summed E-state index contributed by atoms with van der Waals surface area (Å²) in [4.78, 5) is 15.2. The molecule has 0 unspecified atom stereocenters. The number of nitrogens with two attached hydrogens (primary N) is 1. The van der Waals surface area contributed by atoms with Crippen LogP contribution in [-0.2, 0) is 9.53 Å². The van der Waals surface area contributed by atoms with Crippen LogP contribution in [0.15, 0.2) is 77.4 Å². The summed E-state index contributed by atoms with van der Waals surface area (Å²) in [6.07, 6.45) is 0.994. The first kappa shape index (κ1) is 18.8. The van der Waals surface area contributed by atoms with E-state index in [1.165, 1.54) is 0 Å². The molecule has 0 amide bonds. The minimum absolute atomic E-state index is 0.0158. The van der Waals surface area contributed by atoms with Crippen molar-refractivity contribution in [3.05, 3.63) is 88.5 Å². The molecular formula is C24H23N3O2. The maximum atomic E-state index is 13.2. The lowest BCUT2D eigenvalue weighted by atomic mass is 9.73. The van der Waals surface area contributed by atoms with Crippen molar-refractivity contribution in [2.45, 2.75) is 24.7 Å². The Morgan fingerprint density at radius 1 is 1.03 bits per heavy atom. The van der Waals surface area contributed by atoms with E-state index in [1.807, 2.05) is 73.6 Å². The zero-order valence-electron chi connectivity index (χ0n) is 16.6. The third-order valence-electron chi connectivity index (χ3n) is 5.67. The van der Waals surface area contributed by atoms with Crippen LogP contribution in [0.4, 0.5) is 5.69 Å². The second-order valence-corrected chi connectivity index (χ2v) is 7.69. The van der Waals surface area contributed by atoms with E-state index < -0.39 is 5.92 Å². The number of benzene rings is 2. The van der Waals surface area contributed by atoms with Gasteiger partial charge in [0.2, 0.25) is 5.88 Å². The van der Waals surface area contributed by atoms with E-state index >= 15 is 0 Å². The first-order chi connectivity index (χ1) is 14.0. The number of ether oxygens (including phenoxy) is 1. The topological polar surface area (TPSA) is 79.3 Å². The maximum absolute atomic E-state index is 13.2. The predicted molar refractivity (Wildman–Crippen MR) is 112 cm³/mol. The van der Waals surface area contributed by atoms with Crippen molar-refractivity contribution < 1.29 is 9.53 Å². The van der Waals surface area contributed by atoms with Gasteiger partial charge >= 0.3 is 0 Å². The SMILES string of the molecule is CN(C)c1ccc([C@H]2C(C#N)=C(N)OC3=C2C(=O)C[C@@H](c2ccccc2)C3)cc1. The summed E-state index contributed by atoms with van der Waals surface area (Å²) in [7, 11) is 3.94. The van der Waals surface area contributed by atoms with Crippen molar-refractivity contribution in [2.24, 2.45) is 5.73 Å². The van der Waals surface area contributed by atoms with Crippen LogP contribution in [0.25, 0.3) is 0 Å². The van der Waals surface area contributed by atoms with Crippen LogP contribution < -0.4 is 10.6 Å². The van der Waals surface area contributed by atoms with Crippen LogP contribution in [0.2, 0.25) is 0 Å². The molecule has 1 heterocycles. The van der Waals surface area contributed by atoms with E-state index in [0.717, 1.165) is 16.8 Å². The molecule has 0 bridgehead atoms. The van der Waals surface area contributed by atoms with Crippen molar-refractivity contribution in [3.8, 4) is 6.07 Å². The summed E-state index contributed by atoms with van der Waals surface area (Å²) in [5.74, 6) is 0.268. The monoisotopic (exact) mass is 385 g/mol. The molecule has 2 atom stereocenters. The Balaban J connectivity index is 1.76. The van der Waals surface area contributed by atoms with Gasteiger partial charge in [0, 0.05) is 38.2 Å². The van der Waals surface area contributed by atoms with E-state index in [-0.39, 0.29) is 17.6 Å². The smallest absolute Gasteiger partial charge is 0.205 e. The summed E-state index contributed by atoms with van der Waals surface area (Å²) in [5, 5.41) is 9.73. The van der Waals surface area contributed by atoms with Gasteiger partial charge in [0.25, 0.3) is 0 Å². The second-order valence-electron chi connectivity index (χ2n) is 7.69. The molecule has 0 saturated heterocycles. The van der Waals surface area contributed by atoms with Crippen LogP contribution in [-0.4, -0.2) is 19.9 Å². The number of allylic oxidation sites excluding steroid dienone is 3. The number of anilines is 1. The molecule has 146 valence electrons. The van der Waals surface area contributed by atoms with Crippen molar-refractivity contribution in [1.29, 1.82) is 5.26 Å². The average Bonchev–Trinajstić information content (AvgIpc) is 2.73. The summed E-state index contributed by atoms with van der Waals surface area (Å²) in [5.41, 5.74) is 10.0. The molecule has 0 radical (unpaired) electrons. The van der Waals surface area contributed by atoms with E-state index in [9.17, 15) is 10.1 Å². The van der Waals surface area contributed by atoms with Gasteiger partial charge < -0.3 is 15.4 Å². The summed E-state index contributed by atoms with van der Waals surface area (Å²) in [6.45, 7) is 0. The van der Waals surface area contributed by atoms with Gasteiger partial charge in [0.15, 0.2) is 5.78 Å². The van der Waals surface area contributed by atoms with Crippen LogP contribution in [0.5, 0.6) is 0 Å². The van der Waals surface area contributed by atoms with Gasteiger partial charge in [-0.15, -0.1) is 0 Å². The molecular weight excluding hydrogens is 362 g/mol. The van der Waals surface area contributed by atoms with Gasteiger partial charge in [-0.1, -0.05) is 42.5 Å². The highest BCUT2D eigenvalue weighted by Gasteiger charge is 2.40. The number of ketones is 1. The molecule has 0 fully saturated rings. The minimum Gasteiger partial charge on any atom is -0.444 e. The normalized spacial score (nSPS) is 21.3. The van der Waals surface area contributed by atoms with Crippen molar-refractivity contribution in [1.82, 2.24) is 0 Å². The van der Waals surface area contributed by atoms with Crippen LogP contribution in [0.1, 0.15) is 35.8 Å². The number of carbonyl (C=O) groups is 1. The lowest BCUT2D eigenvalue weighted by Crippen LogP contribution is -2.29. The van der Waals surface area contributed by atoms with E-state index in [4.69, 9.17) is 10.5 Å². The number of rotatable bonds is 3. The molecule has 29 heavy (non-hydrogen) atoms. The van der Waals surface area contributed by atoms with Gasteiger partial charge in [0.05, 0.1) is 5.92 Å². The molecule has 2 aliphatic rings. The fraction of sp³-hybridized carbons (Fsp3) is 0.250. The maximum Gasteiger partial charge on any atom is 0.205 e. The summed E-state index contributed by atoms with van der Waals surface area (Å²) < 4.78 is 5.82. The average molecular weight is 385 g/mol. The number of nitriles is 1. The minimum atomic E-state index is -0.482. The highest BCUT2D eigenvalue weighted by Crippen LogP contribution is 2.46. The lowest BCUT2D eigenvalue weighted by molar-refractivity contribution is -0.117. The van der Waals surface area contributed by atoms with Gasteiger partial charge in [-0.2, -0.15) is 5.26 Å². The van der Waals surface area contributed by atoms with Gasteiger partial charge in [-0.05, 0) is 29.2 Å². The van der Waals surface area contributed by atoms with Crippen molar-refractivity contribution >= 4 is 11.5 Å². The lowest BCUT2D eigenvalue weighted by Gasteiger charge is -2.34. The molecule has 0 spiro atoms. The van der Waals surface area contributed by atoms with Gasteiger partial charge in [-0.25, -0.2) is 0 Å². The Morgan fingerprint density at radius 2 is 1.72 bits per heavy atom. The molecule has 1 aliphatic carbocycles. The number of Topliss-reactive ketones (excluding diaryl/α,β-unsaturated/α-hetero) is 1. The first-order valence-corrected chi connectivity index (χ1v) is 9.65. The molecule has 2 N–H and O–H groups in total. The number of nitrogens with zero attached hydrogens (tertiary/aromatic N) is 2. The Labute approximate surface area is 170 Å². The van der Waals surface area contributed by atoms with Crippen molar-refractivity contribution in [3.63, 3.8) is 0 Å².